The second-order valence-electron chi connectivity index (χ2n) is 11.9. The summed E-state index contributed by atoms with van der Waals surface area (Å²) in [4.78, 5) is 49.6. The van der Waals surface area contributed by atoms with Gasteiger partial charge in [0.15, 0.2) is 0 Å². The zero-order valence-corrected chi connectivity index (χ0v) is 28.2. The van der Waals surface area contributed by atoms with Crippen LogP contribution in [-0.2, 0) is 19.1 Å². The Bertz CT molecular complexity index is 2160. The van der Waals surface area contributed by atoms with Crippen LogP contribution in [0.2, 0.25) is 0 Å². The van der Waals surface area contributed by atoms with Gasteiger partial charge in [0.05, 0.1) is 11.1 Å². The van der Waals surface area contributed by atoms with Crippen molar-refractivity contribution >= 4 is 23.9 Å². The Kier molecular flexibility index (Phi) is 9.73. The van der Waals surface area contributed by atoms with Gasteiger partial charge in [-0.2, -0.15) is 0 Å². The molecule has 54 heavy (non-hydrogen) atoms. The van der Waals surface area contributed by atoms with E-state index in [4.69, 9.17) is 28.4 Å². The van der Waals surface area contributed by atoms with E-state index in [0.29, 0.717) is 11.1 Å². The number of hydrogen-bond acceptors (Lipinski definition) is 10. The Hall–Kier alpha value is -7.08. The van der Waals surface area contributed by atoms with Gasteiger partial charge in [-0.1, -0.05) is 61.7 Å². The molecule has 5 aromatic rings. The van der Waals surface area contributed by atoms with E-state index in [1.165, 1.54) is 36.4 Å². The average molecular weight is 731 g/mol. The lowest BCUT2D eigenvalue weighted by molar-refractivity contribution is -0.145. The van der Waals surface area contributed by atoms with Crippen molar-refractivity contribution in [2.75, 3.05) is 13.6 Å². The lowest BCUT2D eigenvalue weighted by atomic mass is 9.60. The molecule has 0 aliphatic heterocycles. The first-order valence-electron chi connectivity index (χ1n) is 16.4. The highest BCUT2D eigenvalue weighted by molar-refractivity contribution is 5.93. The van der Waals surface area contributed by atoms with Crippen LogP contribution in [0.15, 0.2) is 122 Å². The van der Waals surface area contributed by atoms with Crippen LogP contribution in [0.25, 0.3) is 0 Å². The van der Waals surface area contributed by atoms with Crippen molar-refractivity contribution < 1.29 is 56.4 Å². The van der Waals surface area contributed by atoms with Gasteiger partial charge in [0.2, 0.25) is 13.6 Å². The van der Waals surface area contributed by atoms with Gasteiger partial charge < -0.3 is 28.4 Å². The van der Waals surface area contributed by atoms with Crippen molar-refractivity contribution in [2.45, 2.75) is 11.8 Å². The monoisotopic (exact) mass is 730 g/mol. The molecule has 0 saturated carbocycles. The first kappa shape index (κ1) is 35.3. The van der Waals surface area contributed by atoms with Crippen molar-refractivity contribution in [3.8, 4) is 23.0 Å². The van der Waals surface area contributed by atoms with Crippen LogP contribution in [0.4, 0.5) is 8.78 Å². The van der Waals surface area contributed by atoms with Crippen molar-refractivity contribution in [3.05, 3.63) is 179 Å². The third-order valence-corrected chi connectivity index (χ3v) is 8.93. The number of carbonyl (C=O) groups is 4. The molecule has 0 N–H and O–H groups in total. The highest BCUT2D eigenvalue weighted by atomic mass is 19.1. The number of carbonyl (C=O) groups excluding carboxylic acids is 4. The zero-order chi connectivity index (χ0) is 37.9. The van der Waals surface area contributed by atoms with E-state index in [1.807, 2.05) is 48.5 Å². The van der Waals surface area contributed by atoms with Crippen LogP contribution < -0.4 is 18.9 Å². The van der Waals surface area contributed by atoms with E-state index in [1.54, 1.807) is 0 Å². The number of ether oxygens (including phenoxy) is 6. The second-order valence-corrected chi connectivity index (χ2v) is 11.9. The summed E-state index contributed by atoms with van der Waals surface area (Å²) in [5.74, 6) is -6.07. The molecular formula is C42H28F2O10. The van der Waals surface area contributed by atoms with E-state index >= 15 is 8.78 Å². The number of benzene rings is 5. The van der Waals surface area contributed by atoms with Crippen LogP contribution in [-0.4, -0.2) is 37.5 Å². The van der Waals surface area contributed by atoms with Gasteiger partial charge in [-0.15, -0.1) is 0 Å². The van der Waals surface area contributed by atoms with Crippen LogP contribution >= 0.6 is 0 Å². The summed E-state index contributed by atoms with van der Waals surface area (Å²) in [5, 5.41) is 0. The first-order chi connectivity index (χ1) is 26.2. The fourth-order valence-electron chi connectivity index (χ4n) is 6.64. The third-order valence-electron chi connectivity index (χ3n) is 8.93. The summed E-state index contributed by atoms with van der Waals surface area (Å²) in [6.07, 6.45) is 1.90. The molecule has 5 aromatic carbocycles. The summed E-state index contributed by atoms with van der Waals surface area (Å²) in [6, 6.07) is 25.3. The van der Waals surface area contributed by atoms with E-state index in [0.717, 1.165) is 46.5 Å². The Morgan fingerprint density at radius 2 is 0.926 bits per heavy atom. The molecule has 3 aliphatic carbocycles. The van der Waals surface area contributed by atoms with Gasteiger partial charge in [-0.3, -0.25) is 0 Å². The van der Waals surface area contributed by atoms with Crippen molar-refractivity contribution in [3.63, 3.8) is 0 Å². The molecule has 0 aromatic heterocycles. The molecule has 0 atom stereocenters. The number of rotatable bonds is 12. The molecule has 0 fully saturated rings. The normalized spacial score (nSPS) is 14.3. The molecule has 0 heterocycles. The van der Waals surface area contributed by atoms with Gasteiger partial charge in [-0.25, -0.2) is 28.0 Å². The van der Waals surface area contributed by atoms with E-state index in [2.05, 4.69) is 13.2 Å². The molecule has 3 aliphatic rings. The Morgan fingerprint density at radius 1 is 0.556 bits per heavy atom. The maximum atomic E-state index is 15.2. The maximum Gasteiger partial charge on any atom is 0.346 e. The zero-order valence-electron chi connectivity index (χ0n) is 28.2. The Labute approximate surface area is 306 Å². The molecule has 0 radical (unpaired) electrons. The highest BCUT2D eigenvalue weighted by Crippen LogP contribution is 2.60. The molecule has 0 unspecified atom stereocenters. The standard InChI is InChI=1S/C42H28F2O10/c1-3-35(45)51-21-49-23-13-15-29(31(43)19-23)41(47)53-33-17-18-34(54-42(48)30-16-14-24(20-32(30)44)50-22-52-36(46)4-2)40-38-27-11-7-5-9-25(27)37(39(33)40)26-10-6-8-12-28(26)38/h3-20,37-38H,1-2,21-22H2. The maximum absolute atomic E-state index is 15.2. The van der Waals surface area contributed by atoms with Crippen molar-refractivity contribution in [1.29, 1.82) is 0 Å². The second kappa shape index (κ2) is 14.9. The van der Waals surface area contributed by atoms with Crippen LogP contribution in [0.3, 0.4) is 0 Å². The van der Waals surface area contributed by atoms with E-state index in [-0.39, 0.29) is 23.0 Å². The molecule has 0 amide bonds. The van der Waals surface area contributed by atoms with Gasteiger partial charge in [0, 0.05) is 47.2 Å². The number of halogens is 2. The molecule has 0 saturated heterocycles. The molecule has 10 nitrogen and oxygen atoms in total. The minimum Gasteiger partial charge on any atom is -0.457 e. The average Bonchev–Trinajstić information content (AvgIpc) is 3.18. The number of esters is 4. The van der Waals surface area contributed by atoms with Crippen molar-refractivity contribution in [1.82, 2.24) is 0 Å². The summed E-state index contributed by atoms with van der Waals surface area (Å²) in [5.41, 5.74) is 4.05. The molecule has 8 rings (SSSR count). The molecule has 2 bridgehead atoms. The quantitative estimate of drug-likeness (QED) is 0.0540. The summed E-state index contributed by atoms with van der Waals surface area (Å²) in [6.45, 7) is 5.57. The summed E-state index contributed by atoms with van der Waals surface area (Å²) >= 11 is 0. The molecular weight excluding hydrogens is 702 g/mol. The predicted molar refractivity (Wildman–Crippen MR) is 188 cm³/mol. The minimum atomic E-state index is -1.00. The summed E-state index contributed by atoms with van der Waals surface area (Å²) < 4.78 is 62.3. The van der Waals surface area contributed by atoms with Gasteiger partial charge in [0.1, 0.15) is 34.6 Å². The smallest absolute Gasteiger partial charge is 0.346 e. The van der Waals surface area contributed by atoms with Gasteiger partial charge in [-0.05, 0) is 58.7 Å². The molecule has 12 heteroatoms. The topological polar surface area (TPSA) is 124 Å². The van der Waals surface area contributed by atoms with E-state index < -0.39 is 72.1 Å². The fourth-order valence-corrected chi connectivity index (χ4v) is 6.64. The van der Waals surface area contributed by atoms with Gasteiger partial charge in [0.25, 0.3) is 0 Å². The van der Waals surface area contributed by atoms with Crippen molar-refractivity contribution in [2.24, 2.45) is 0 Å². The fraction of sp³-hybridized carbons (Fsp3) is 0.0952. The lowest BCUT2D eigenvalue weighted by Crippen LogP contribution is -2.29. The van der Waals surface area contributed by atoms with Crippen LogP contribution in [0.5, 0.6) is 23.0 Å². The van der Waals surface area contributed by atoms with Crippen LogP contribution in [0.1, 0.15) is 65.9 Å². The Balaban J connectivity index is 1.22. The third kappa shape index (κ3) is 6.68. The van der Waals surface area contributed by atoms with E-state index in [9.17, 15) is 19.2 Å². The minimum absolute atomic E-state index is 0.00242. The van der Waals surface area contributed by atoms with Gasteiger partial charge >= 0.3 is 23.9 Å². The molecule has 0 spiro atoms. The highest BCUT2D eigenvalue weighted by Gasteiger charge is 2.45. The largest absolute Gasteiger partial charge is 0.457 e. The Morgan fingerprint density at radius 3 is 1.26 bits per heavy atom. The summed E-state index contributed by atoms with van der Waals surface area (Å²) in [7, 11) is 0. The predicted octanol–water partition coefficient (Wildman–Crippen LogP) is 7.52. The SMILES string of the molecule is C=CC(=O)OCOc1ccc(C(=O)Oc2ccc(OC(=O)c3ccc(OCOC(=O)C=C)cc3F)c3c2C2c4ccccc4C3c3ccccc32)c(F)c1. The van der Waals surface area contributed by atoms with Crippen LogP contribution in [0, 0.1) is 11.6 Å². The lowest BCUT2D eigenvalue weighted by Gasteiger charge is -2.43. The molecule has 270 valence electrons. The number of hydrogen-bond donors (Lipinski definition) is 0. The first-order valence-corrected chi connectivity index (χ1v) is 16.4.